The minimum Gasteiger partial charge on any atom is -0.383 e. The van der Waals surface area contributed by atoms with E-state index in [1.165, 1.54) is 22.6 Å². The van der Waals surface area contributed by atoms with Crippen LogP contribution in [-0.4, -0.2) is 32.4 Å². The lowest BCUT2D eigenvalue weighted by Gasteiger charge is -2.13. The molecule has 0 radical (unpaired) electrons. The van der Waals surface area contributed by atoms with Crippen LogP contribution in [0.15, 0.2) is 64.4 Å². The molecule has 0 atom stereocenters. The van der Waals surface area contributed by atoms with Crippen molar-refractivity contribution in [3.05, 3.63) is 92.4 Å². The quantitative estimate of drug-likeness (QED) is 0.481. The smallest absolute Gasteiger partial charge is 0.337 e. The van der Waals surface area contributed by atoms with Gasteiger partial charge in [-0.2, -0.15) is 5.26 Å². The van der Waals surface area contributed by atoms with Gasteiger partial charge in [0.05, 0.1) is 43.3 Å². The molecule has 0 aliphatic heterocycles. The molecule has 2 aromatic heterocycles. The molecule has 0 fully saturated rings. The van der Waals surface area contributed by atoms with Crippen LogP contribution in [0.3, 0.4) is 0 Å². The Balaban J connectivity index is 1.98. The second-order valence-corrected chi connectivity index (χ2v) is 7.22. The summed E-state index contributed by atoms with van der Waals surface area (Å²) in [4.78, 5) is 30.9. The molecule has 0 aliphatic rings. The number of benzene rings is 2. The Morgan fingerprint density at radius 1 is 1.10 bits per heavy atom. The number of nitrogens with zero attached hydrogens (tertiary/aromatic N) is 5. The van der Waals surface area contributed by atoms with Crippen LogP contribution in [-0.2, 0) is 17.8 Å². The lowest BCUT2D eigenvalue weighted by molar-refractivity contribution is 0.184. The number of hydrogen-bond acceptors (Lipinski definition) is 5. The third kappa shape index (κ3) is 3.67. The summed E-state index contributed by atoms with van der Waals surface area (Å²) >= 11 is 0. The number of hydrogen-bond donors (Lipinski definition) is 0. The Labute approximate surface area is 178 Å². The van der Waals surface area contributed by atoms with Crippen molar-refractivity contribution in [1.82, 2.24) is 18.7 Å². The number of rotatable bonds is 6. The van der Waals surface area contributed by atoms with E-state index in [9.17, 15) is 14.9 Å². The third-order valence-corrected chi connectivity index (χ3v) is 5.19. The molecule has 2 aromatic carbocycles. The molecule has 156 valence electrons. The van der Waals surface area contributed by atoms with Gasteiger partial charge in [-0.1, -0.05) is 35.9 Å². The topological polar surface area (TPSA) is 94.8 Å². The van der Waals surface area contributed by atoms with Crippen LogP contribution in [0.5, 0.6) is 0 Å². The van der Waals surface area contributed by atoms with E-state index in [-0.39, 0.29) is 25.3 Å². The molecular weight excluding hydrogens is 394 g/mol. The molecule has 0 amide bonds. The Morgan fingerprint density at radius 2 is 1.84 bits per heavy atom. The standard InChI is InChI=1S/C23H21N5O3/c1-16-7-9-19(10-8-16)28-21-20(22(29)27(23(28)30)11-12-31-2)26(15-25-21)14-18-6-4-3-5-17(18)13-24/h3-10,15H,11-12,14H2,1-2H3. The first-order chi connectivity index (χ1) is 15.0. The average molecular weight is 415 g/mol. The summed E-state index contributed by atoms with van der Waals surface area (Å²) in [6.07, 6.45) is 1.53. The molecule has 4 aromatic rings. The maximum absolute atomic E-state index is 13.3. The third-order valence-electron chi connectivity index (χ3n) is 5.19. The van der Waals surface area contributed by atoms with Crippen LogP contribution >= 0.6 is 0 Å². The van der Waals surface area contributed by atoms with Gasteiger partial charge in [-0.15, -0.1) is 0 Å². The number of aryl methyl sites for hydroxylation is 1. The lowest BCUT2D eigenvalue weighted by atomic mass is 10.1. The van der Waals surface area contributed by atoms with Gasteiger partial charge in [0, 0.05) is 7.11 Å². The first-order valence-electron chi connectivity index (χ1n) is 9.80. The number of aromatic nitrogens is 4. The van der Waals surface area contributed by atoms with Gasteiger partial charge in [0.2, 0.25) is 0 Å². The summed E-state index contributed by atoms with van der Waals surface area (Å²) in [6, 6.07) is 16.8. The van der Waals surface area contributed by atoms with Crippen LogP contribution in [0.2, 0.25) is 0 Å². The normalized spacial score (nSPS) is 11.0. The molecule has 0 N–H and O–H groups in total. The maximum atomic E-state index is 13.3. The fraction of sp³-hybridized carbons (Fsp3) is 0.217. The van der Waals surface area contributed by atoms with Crippen LogP contribution in [0, 0.1) is 18.3 Å². The summed E-state index contributed by atoms with van der Waals surface area (Å²) in [7, 11) is 1.52. The summed E-state index contributed by atoms with van der Waals surface area (Å²) in [5.41, 5.74) is 2.63. The highest BCUT2D eigenvalue weighted by Gasteiger charge is 2.19. The molecule has 0 unspecified atom stereocenters. The molecule has 2 heterocycles. The van der Waals surface area contributed by atoms with Crippen LogP contribution in [0.4, 0.5) is 0 Å². The number of nitriles is 1. The van der Waals surface area contributed by atoms with Crippen LogP contribution in [0.1, 0.15) is 16.7 Å². The van der Waals surface area contributed by atoms with Crippen molar-refractivity contribution >= 4 is 11.2 Å². The fourth-order valence-corrected chi connectivity index (χ4v) is 3.56. The first kappa shape index (κ1) is 20.3. The summed E-state index contributed by atoms with van der Waals surface area (Å²) in [6.45, 7) is 2.59. The highest BCUT2D eigenvalue weighted by molar-refractivity contribution is 5.72. The van der Waals surface area contributed by atoms with E-state index in [2.05, 4.69) is 11.1 Å². The van der Waals surface area contributed by atoms with Gasteiger partial charge < -0.3 is 9.30 Å². The zero-order valence-electron chi connectivity index (χ0n) is 17.3. The van der Waals surface area contributed by atoms with Crippen molar-refractivity contribution < 1.29 is 4.74 Å². The molecular formula is C23H21N5O3. The molecule has 0 saturated heterocycles. The Hall–Kier alpha value is -3.96. The summed E-state index contributed by atoms with van der Waals surface area (Å²) in [5, 5.41) is 9.41. The van der Waals surface area contributed by atoms with Crippen molar-refractivity contribution in [2.24, 2.45) is 0 Å². The second-order valence-electron chi connectivity index (χ2n) is 7.22. The zero-order chi connectivity index (χ0) is 22.0. The fourth-order valence-electron chi connectivity index (χ4n) is 3.56. The summed E-state index contributed by atoms with van der Waals surface area (Å²) in [5.74, 6) is 0. The van der Waals surface area contributed by atoms with Gasteiger partial charge >= 0.3 is 5.69 Å². The SMILES string of the molecule is COCCn1c(=O)c2c(ncn2Cc2ccccc2C#N)n(-c2ccc(C)cc2)c1=O. The van der Waals surface area contributed by atoms with Crippen molar-refractivity contribution in [3.8, 4) is 11.8 Å². The first-order valence-corrected chi connectivity index (χ1v) is 9.80. The van der Waals surface area contributed by atoms with E-state index < -0.39 is 11.2 Å². The van der Waals surface area contributed by atoms with E-state index >= 15 is 0 Å². The number of ether oxygens (including phenoxy) is 1. The highest BCUT2D eigenvalue weighted by atomic mass is 16.5. The molecule has 4 rings (SSSR count). The van der Waals surface area contributed by atoms with Gasteiger partial charge in [-0.25, -0.2) is 14.3 Å². The molecule has 0 saturated carbocycles. The monoisotopic (exact) mass is 415 g/mol. The molecule has 0 bridgehead atoms. The maximum Gasteiger partial charge on any atom is 0.337 e. The molecule has 8 nitrogen and oxygen atoms in total. The van der Waals surface area contributed by atoms with Crippen molar-refractivity contribution in [2.45, 2.75) is 20.0 Å². The van der Waals surface area contributed by atoms with Gasteiger partial charge in [0.1, 0.15) is 0 Å². The minimum atomic E-state index is -0.471. The number of fused-ring (bicyclic) bond motifs is 1. The lowest BCUT2D eigenvalue weighted by Crippen LogP contribution is -2.41. The zero-order valence-corrected chi connectivity index (χ0v) is 17.3. The van der Waals surface area contributed by atoms with E-state index in [0.717, 1.165) is 11.1 Å². The predicted octanol–water partition coefficient (Wildman–Crippen LogP) is 2.22. The molecule has 31 heavy (non-hydrogen) atoms. The highest BCUT2D eigenvalue weighted by Crippen LogP contribution is 2.16. The molecule has 0 spiro atoms. The van der Waals surface area contributed by atoms with Crippen molar-refractivity contribution in [1.29, 1.82) is 5.26 Å². The van der Waals surface area contributed by atoms with Gasteiger partial charge in [-0.3, -0.25) is 9.36 Å². The van der Waals surface area contributed by atoms with E-state index in [1.54, 1.807) is 16.7 Å². The van der Waals surface area contributed by atoms with E-state index in [1.807, 2.05) is 43.3 Å². The van der Waals surface area contributed by atoms with E-state index in [4.69, 9.17) is 4.74 Å². The second kappa shape index (κ2) is 8.42. The van der Waals surface area contributed by atoms with Crippen molar-refractivity contribution in [3.63, 3.8) is 0 Å². The average Bonchev–Trinajstić information content (AvgIpc) is 3.19. The van der Waals surface area contributed by atoms with Gasteiger partial charge in [-0.05, 0) is 30.7 Å². The largest absolute Gasteiger partial charge is 0.383 e. The Kier molecular flexibility index (Phi) is 5.52. The minimum absolute atomic E-state index is 0.121. The number of imidazole rings is 1. The molecule has 8 heteroatoms. The van der Waals surface area contributed by atoms with E-state index in [0.29, 0.717) is 16.8 Å². The number of methoxy groups -OCH3 is 1. The van der Waals surface area contributed by atoms with Gasteiger partial charge in [0.25, 0.3) is 5.56 Å². The predicted molar refractivity (Wildman–Crippen MR) is 116 cm³/mol. The Morgan fingerprint density at radius 3 is 2.55 bits per heavy atom. The van der Waals surface area contributed by atoms with Crippen LogP contribution < -0.4 is 11.2 Å². The van der Waals surface area contributed by atoms with Crippen LogP contribution in [0.25, 0.3) is 16.9 Å². The van der Waals surface area contributed by atoms with Gasteiger partial charge in [0.15, 0.2) is 11.2 Å². The molecule has 0 aliphatic carbocycles. The van der Waals surface area contributed by atoms with Crippen molar-refractivity contribution in [2.75, 3.05) is 13.7 Å². The summed E-state index contributed by atoms with van der Waals surface area (Å²) < 4.78 is 9.39. The Bertz CT molecular complexity index is 1400.